The van der Waals surface area contributed by atoms with E-state index in [1.807, 2.05) is 78.9 Å². The zero-order chi connectivity index (χ0) is 20.8. The third-order valence-electron chi connectivity index (χ3n) is 4.63. The fraction of sp³-hybridized carbons (Fsp3) is 0.0400. The van der Waals surface area contributed by atoms with Gasteiger partial charge in [-0.05, 0) is 40.6 Å². The third-order valence-corrected chi connectivity index (χ3v) is 4.63. The van der Waals surface area contributed by atoms with E-state index in [1.165, 1.54) is 6.21 Å². The number of hydrogen-bond donors (Lipinski definition) is 2. The van der Waals surface area contributed by atoms with E-state index in [0.29, 0.717) is 12.4 Å². The Morgan fingerprint density at radius 1 is 0.900 bits per heavy atom. The molecular formula is C25H20N2O3. The monoisotopic (exact) mass is 396 g/mol. The fourth-order valence-corrected chi connectivity index (χ4v) is 3.08. The average Bonchev–Trinajstić information content (AvgIpc) is 2.78. The highest BCUT2D eigenvalue weighted by Gasteiger charge is 2.12. The highest BCUT2D eigenvalue weighted by molar-refractivity contribution is 6.01. The lowest BCUT2D eigenvalue weighted by molar-refractivity contribution is 0.0952. The average molecular weight is 396 g/mol. The van der Waals surface area contributed by atoms with Crippen molar-refractivity contribution in [2.45, 2.75) is 6.61 Å². The molecule has 148 valence electrons. The molecule has 1 amide bonds. The summed E-state index contributed by atoms with van der Waals surface area (Å²) in [5, 5.41) is 15.9. The van der Waals surface area contributed by atoms with Crippen LogP contribution in [0.5, 0.6) is 11.5 Å². The molecule has 0 aromatic heterocycles. The van der Waals surface area contributed by atoms with Gasteiger partial charge in [0.1, 0.15) is 18.1 Å². The summed E-state index contributed by atoms with van der Waals surface area (Å²) in [5.74, 6) is 0.0816. The molecule has 0 aliphatic heterocycles. The molecule has 0 fully saturated rings. The number of para-hydroxylation sites is 1. The van der Waals surface area contributed by atoms with Gasteiger partial charge in [0, 0.05) is 5.56 Å². The first-order chi connectivity index (χ1) is 14.7. The largest absolute Gasteiger partial charge is 0.507 e. The first-order valence-corrected chi connectivity index (χ1v) is 9.51. The van der Waals surface area contributed by atoms with Crippen molar-refractivity contribution < 1.29 is 14.6 Å². The molecule has 0 atom stereocenters. The van der Waals surface area contributed by atoms with E-state index >= 15 is 0 Å². The molecule has 2 N–H and O–H groups in total. The smallest absolute Gasteiger partial charge is 0.275 e. The molecule has 4 aromatic rings. The Hall–Kier alpha value is -4.12. The zero-order valence-electron chi connectivity index (χ0n) is 16.2. The number of carbonyl (C=O) groups is 1. The fourth-order valence-electron chi connectivity index (χ4n) is 3.08. The summed E-state index contributed by atoms with van der Waals surface area (Å²) in [6.45, 7) is 0.434. The molecule has 30 heavy (non-hydrogen) atoms. The molecule has 0 saturated heterocycles. The van der Waals surface area contributed by atoms with Crippen molar-refractivity contribution >= 4 is 22.9 Å². The summed E-state index contributed by atoms with van der Waals surface area (Å²) in [5.41, 5.74) is 4.43. The number of ether oxygens (including phenoxy) is 1. The van der Waals surface area contributed by atoms with E-state index in [4.69, 9.17) is 4.74 Å². The Bertz CT molecular complexity index is 1200. The first-order valence-electron chi connectivity index (χ1n) is 9.51. The van der Waals surface area contributed by atoms with Gasteiger partial charge < -0.3 is 9.84 Å². The molecule has 0 bridgehead atoms. The number of fused-ring (bicyclic) bond motifs is 1. The first kappa shape index (κ1) is 19.2. The van der Waals surface area contributed by atoms with Crippen LogP contribution in [-0.4, -0.2) is 17.2 Å². The van der Waals surface area contributed by atoms with Crippen molar-refractivity contribution in [2.24, 2.45) is 5.10 Å². The number of aromatic hydroxyl groups is 1. The van der Waals surface area contributed by atoms with Gasteiger partial charge in [-0.2, -0.15) is 5.10 Å². The van der Waals surface area contributed by atoms with Crippen molar-refractivity contribution in [3.8, 4) is 11.5 Å². The predicted octanol–water partition coefficient (Wildman–Crippen LogP) is 4.89. The van der Waals surface area contributed by atoms with Gasteiger partial charge in [0.15, 0.2) is 0 Å². The zero-order valence-corrected chi connectivity index (χ0v) is 16.2. The van der Waals surface area contributed by atoms with Crippen LogP contribution in [0.4, 0.5) is 0 Å². The summed E-state index contributed by atoms with van der Waals surface area (Å²) in [6, 6.07) is 28.0. The van der Waals surface area contributed by atoms with Gasteiger partial charge in [-0.15, -0.1) is 0 Å². The Morgan fingerprint density at radius 3 is 2.37 bits per heavy atom. The second-order valence-corrected chi connectivity index (χ2v) is 6.73. The summed E-state index contributed by atoms with van der Waals surface area (Å²) in [6.07, 6.45) is 1.52. The van der Waals surface area contributed by atoms with Crippen LogP contribution >= 0.6 is 0 Å². The third kappa shape index (κ3) is 4.47. The number of amides is 1. The van der Waals surface area contributed by atoms with E-state index in [2.05, 4.69) is 10.5 Å². The van der Waals surface area contributed by atoms with Crippen LogP contribution in [0.25, 0.3) is 10.8 Å². The number of benzene rings is 4. The second-order valence-electron chi connectivity index (χ2n) is 6.73. The van der Waals surface area contributed by atoms with Crippen molar-refractivity contribution in [3.05, 3.63) is 108 Å². The molecule has 5 heteroatoms. The van der Waals surface area contributed by atoms with E-state index < -0.39 is 5.91 Å². The molecule has 5 nitrogen and oxygen atoms in total. The molecule has 4 rings (SSSR count). The topological polar surface area (TPSA) is 70.9 Å². The normalized spacial score (nSPS) is 10.9. The summed E-state index contributed by atoms with van der Waals surface area (Å²) in [4.78, 5) is 12.5. The predicted molar refractivity (Wildman–Crippen MR) is 118 cm³/mol. The Labute approximate surface area is 174 Å². The molecule has 0 spiro atoms. The lowest BCUT2D eigenvalue weighted by Crippen LogP contribution is -2.17. The Kier molecular flexibility index (Phi) is 5.71. The van der Waals surface area contributed by atoms with Crippen molar-refractivity contribution in [1.82, 2.24) is 5.43 Å². The minimum atomic E-state index is -0.489. The van der Waals surface area contributed by atoms with Crippen LogP contribution in [0, 0.1) is 0 Å². The van der Waals surface area contributed by atoms with Crippen LogP contribution in [0.1, 0.15) is 21.5 Å². The van der Waals surface area contributed by atoms with Gasteiger partial charge in [0.2, 0.25) is 0 Å². The van der Waals surface area contributed by atoms with Gasteiger partial charge in [-0.3, -0.25) is 4.79 Å². The number of rotatable bonds is 6. The van der Waals surface area contributed by atoms with Crippen LogP contribution < -0.4 is 10.2 Å². The minimum Gasteiger partial charge on any atom is -0.507 e. The molecule has 4 aromatic carbocycles. The molecule has 0 heterocycles. The highest BCUT2D eigenvalue weighted by Crippen LogP contribution is 2.25. The standard InChI is InChI=1S/C25H20N2O3/c28-23-15-20-11-5-4-10-19(20)14-22(23)25(29)27-26-16-21-12-6-7-13-24(21)30-17-18-8-2-1-3-9-18/h1-16,28H,17H2,(H,27,29)/b26-16-. The SMILES string of the molecule is O=C(N/N=C\c1ccccc1OCc1ccccc1)c1cc2ccccc2cc1O. The molecular weight excluding hydrogens is 376 g/mol. The number of nitrogens with zero attached hydrogens (tertiary/aromatic N) is 1. The van der Waals surface area contributed by atoms with Gasteiger partial charge in [0.25, 0.3) is 5.91 Å². The minimum absolute atomic E-state index is 0.0898. The lowest BCUT2D eigenvalue weighted by atomic mass is 10.1. The van der Waals surface area contributed by atoms with Crippen LogP contribution in [0.3, 0.4) is 0 Å². The summed E-state index contributed by atoms with van der Waals surface area (Å²) in [7, 11) is 0. The van der Waals surface area contributed by atoms with Crippen LogP contribution in [-0.2, 0) is 6.61 Å². The van der Waals surface area contributed by atoms with Crippen LogP contribution in [0.15, 0.2) is 96.1 Å². The number of nitrogens with one attached hydrogen (secondary N) is 1. The van der Waals surface area contributed by atoms with Gasteiger partial charge in [-0.1, -0.05) is 66.7 Å². The molecule has 0 aliphatic rings. The molecule has 0 aliphatic carbocycles. The maximum absolute atomic E-state index is 12.5. The summed E-state index contributed by atoms with van der Waals surface area (Å²) >= 11 is 0. The number of hydrogen-bond acceptors (Lipinski definition) is 4. The molecule has 0 saturated carbocycles. The maximum atomic E-state index is 12.5. The van der Waals surface area contributed by atoms with E-state index in [1.54, 1.807) is 12.1 Å². The highest BCUT2D eigenvalue weighted by atomic mass is 16.5. The second kappa shape index (κ2) is 8.92. The van der Waals surface area contributed by atoms with E-state index in [9.17, 15) is 9.90 Å². The summed E-state index contributed by atoms with van der Waals surface area (Å²) < 4.78 is 5.89. The van der Waals surface area contributed by atoms with Gasteiger partial charge in [-0.25, -0.2) is 5.43 Å². The Balaban J connectivity index is 1.46. The quantitative estimate of drug-likeness (QED) is 0.360. The van der Waals surface area contributed by atoms with Crippen molar-refractivity contribution in [2.75, 3.05) is 0 Å². The van der Waals surface area contributed by atoms with E-state index in [0.717, 1.165) is 21.9 Å². The number of phenols is 1. The Morgan fingerprint density at radius 2 is 1.57 bits per heavy atom. The van der Waals surface area contributed by atoms with E-state index in [-0.39, 0.29) is 11.3 Å². The van der Waals surface area contributed by atoms with Gasteiger partial charge in [0.05, 0.1) is 11.8 Å². The van der Waals surface area contributed by atoms with Crippen LogP contribution in [0.2, 0.25) is 0 Å². The molecule has 0 radical (unpaired) electrons. The number of phenolic OH excluding ortho intramolecular Hbond substituents is 1. The lowest BCUT2D eigenvalue weighted by Gasteiger charge is -2.09. The number of hydrazone groups is 1. The van der Waals surface area contributed by atoms with Crippen molar-refractivity contribution in [1.29, 1.82) is 0 Å². The number of carbonyl (C=O) groups excluding carboxylic acids is 1. The van der Waals surface area contributed by atoms with Crippen molar-refractivity contribution in [3.63, 3.8) is 0 Å². The maximum Gasteiger partial charge on any atom is 0.275 e. The van der Waals surface area contributed by atoms with Gasteiger partial charge >= 0.3 is 0 Å². The molecule has 0 unspecified atom stereocenters.